The molecule has 1 aliphatic rings. The van der Waals surface area contributed by atoms with Gasteiger partial charge in [-0.15, -0.1) is 0 Å². The zero-order chi connectivity index (χ0) is 25.2. The largest absolute Gasteiger partial charge is 0.390 e. The van der Waals surface area contributed by atoms with Gasteiger partial charge in [-0.2, -0.15) is 5.10 Å². The Morgan fingerprint density at radius 1 is 1.12 bits per heavy atom. The van der Waals surface area contributed by atoms with Crippen molar-refractivity contribution >= 4 is 22.2 Å². The molecule has 6 rings (SSSR count). The third-order valence-corrected chi connectivity index (χ3v) is 6.14. The third-order valence-electron chi connectivity index (χ3n) is 6.14. The number of fused-ring (bicyclic) bond motifs is 2. The van der Waals surface area contributed by atoms with Crippen molar-refractivity contribution in [2.75, 3.05) is 5.73 Å². The van der Waals surface area contributed by atoms with Gasteiger partial charge in [0.2, 0.25) is 0 Å². The van der Waals surface area contributed by atoms with Crippen molar-refractivity contribution in [1.29, 1.82) is 0 Å². The van der Waals surface area contributed by atoms with Crippen molar-refractivity contribution in [3.05, 3.63) is 72.6 Å². The molecule has 164 valence electrons. The Bertz CT molecular complexity index is 1630. The number of hydrogen-bond acceptors (Lipinski definition) is 6. The number of nitrogens with zero attached hydrogens (tertiary/aromatic N) is 5. The highest BCUT2D eigenvalue weighted by atomic mass is 19.1. The molecule has 1 fully saturated rings. The summed E-state index contributed by atoms with van der Waals surface area (Å²) in [5, 5.41) is 15.4. The molecule has 1 saturated carbocycles. The van der Waals surface area contributed by atoms with E-state index in [1.54, 1.807) is 12.1 Å². The minimum atomic E-state index is -2.51. The molecular formula is C25H21FN6O. The van der Waals surface area contributed by atoms with E-state index in [2.05, 4.69) is 20.1 Å². The highest BCUT2D eigenvalue weighted by molar-refractivity contribution is 5.91. The van der Waals surface area contributed by atoms with Gasteiger partial charge in [-0.25, -0.2) is 23.9 Å². The van der Waals surface area contributed by atoms with Crippen molar-refractivity contribution in [3.8, 4) is 22.5 Å². The average molecular weight is 444 g/mol. The van der Waals surface area contributed by atoms with E-state index in [-0.39, 0.29) is 35.4 Å². The fraction of sp³-hybridized carbons (Fsp3) is 0.200. The summed E-state index contributed by atoms with van der Waals surface area (Å²) in [6.07, 6.45) is 1.22. The molecule has 33 heavy (non-hydrogen) atoms. The number of benzene rings is 2. The van der Waals surface area contributed by atoms with Crippen LogP contribution in [0.25, 0.3) is 38.9 Å². The lowest BCUT2D eigenvalue weighted by Gasteiger charge is -2.39. The van der Waals surface area contributed by atoms with Gasteiger partial charge in [0.25, 0.3) is 0 Å². The highest BCUT2D eigenvalue weighted by Crippen LogP contribution is 2.45. The van der Waals surface area contributed by atoms with Crippen LogP contribution in [0.1, 0.15) is 35.5 Å². The molecule has 0 amide bonds. The fourth-order valence-electron chi connectivity index (χ4n) is 4.47. The van der Waals surface area contributed by atoms with Gasteiger partial charge < -0.3 is 10.8 Å². The Kier molecular flexibility index (Phi) is 3.56. The molecule has 2 aromatic carbocycles. The van der Waals surface area contributed by atoms with Gasteiger partial charge in [-0.1, -0.05) is 42.5 Å². The van der Waals surface area contributed by atoms with Crippen LogP contribution in [0.4, 0.5) is 10.2 Å². The van der Waals surface area contributed by atoms with Crippen molar-refractivity contribution in [3.63, 3.8) is 0 Å². The van der Waals surface area contributed by atoms with E-state index in [9.17, 15) is 5.11 Å². The summed E-state index contributed by atoms with van der Waals surface area (Å²) >= 11 is 0. The lowest BCUT2D eigenvalue weighted by Crippen LogP contribution is -2.40. The molecule has 3 heterocycles. The maximum Gasteiger partial charge on any atom is 0.158 e. The number of hydrogen-bond donors (Lipinski definition) is 2. The smallest absolute Gasteiger partial charge is 0.158 e. The number of aromatic nitrogens is 5. The Morgan fingerprint density at radius 2 is 1.91 bits per heavy atom. The van der Waals surface area contributed by atoms with E-state index < -0.39 is 24.2 Å². The predicted molar refractivity (Wildman–Crippen MR) is 124 cm³/mol. The number of pyridine rings is 1. The average Bonchev–Trinajstić information content (AvgIpc) is 3.22. The molecule has 5 aromatic rings. The lowest BCUT2D eigenvalue weighted by molar-refractivity contribution is -0.0337. The van der Waals surface area contributed by atoms with Gasteiger partial charge >= 0.3 is 0 Å². The first-order valence-electron chi connectivity index (χ1n) is 12.0. The van der Waals surface area contributed by atoms with Gasteiger partial charge in [0, 0.05) is 26.5 Å². The second kappa shape index (κ2) is 7.05. The van der Waals surface area contributed by atoms with E-state index in [1.807, 2.05) is 42.5 Å². The lowest BCUT2D eigenvalue weighted by atomic mass is 9.72. The number of imidazole rings is 1. The number of rotatable bonds is 3. The Hall–Kier alpha value is -3.91. The predicted octanol–water partition coefficient (Wildman–Crippen LogP) is 4.36. The highest BCUT2D eigenvalue weighted by Gasteiger charge is 2.42. The maximum absolute atomic E-state index is 16.0. The van der Waals surface area contributed by atoms with Gasteiger partial charge in [0.1, 0.15) is 28.9 Å². The third kappa shape index (κ3) is 3.14. The quantitative estimate of drug-likeness (QED) is 0.430. The van der Waals surface area contributed by atoms with Crippen LogP contribution in [0.2, 0.25) is 0 Å². The molecule has 8 heteroatoms. The number of nitrogens with two attached hydrogens (primary N) is 1. The first kappa shape index (κ1) is 16.7. The van der Waals surface area contributed by atoms with Gasteiger partial charge in [-0.3, -0.25) is 0 Å². The first-order valence-corrected chi connectivity index (χ1v) is 10.5. The Labute approximate surface area is 193 Å². The minimum absolute atomic E-state index is 0.0197. The van der Waals surface area contributed by atoms with Crippen LogP contribution in [-0.2, 0) is 0 Å². The van der Waals surface area contributed by atoms with Crippen LogP contribution in [0.5, 0.6) is 0 Å². The summed E-state index contributed by atoms with van der Waals surface area (Å²) in [6, 6.07) is 16.5. The zero-order valence-electron chi connectivity index (χ0n) is 20.4. The van der Waals surface area contributed by atoms with Crippen LogP contribution in [0.15, 0.2) is 60.9 Å². The number of nitrogen functional groups attached to an aromatic ring is 1. The normalized spacial score (nSPS) is 22.0. The summed E-state index contributed by atoms with van der Waals surface area (Å²) in [4.78, 5) is 13.3. The molecule has 0 radical (unpaired) electrons. The molecule has 0 spiro atoms. The van der Waals surface area contributed by atoms with Crippen LogP contribution < -0.4 is 5.73 Å². The van der Waals surface area contributed by atoms with E-state index in [0.29, 0.717) is 22.4 Å². The summed E-state index contributed by atoms with van der Waals surface area (Å²) in [5.74, 6) is -0.451. The summed E-state index contributed by atoms with van der Waals surface area (Å²) in [7, 11) is 0. The van der Waals surface area contributed by atoms with Crippen molar-refractivity contribution < 1.29 is 13.6 Å². The first-order chi connectivity index (χ1) is 17.2. The van der Waals surface area contributed by atoms with Crippen LogP contribution in [0.3, 0.4) is 0 Å². The Balaban J connectivity index is 1.50. The van der Waals surface area contributed by atoms with E-state index in [4.69, 9.17) is 9.85 Å². The van der Waals surface area contributed by atoms with E-state index in [1.165, 1.54) is 10.8 Å². The second-order valence-electron chi connectivity index (χ2n) is 8.42. The summed E-state index contributed by atoms with van der Waals surface area (Å²) < 4.78 is 40.3. The van der Waals surface area contributed by atoms with Crippen LogP contribution in [-0.4, -0.2) is 35.3 Å². The van der Waals surface area contributed by atoms with Crippen molar-refractivity contribution in [2.45, 2.75) is 31.2 Å². The topological polar surface area (TPSA) is 102 Å². The standard InChI is InChI=1S/C25H21FN6O/c1-25(33)11-16(12-25)24-31-21(22-23(27)28-13-29-32(22)24)17-9-7-15-8-10-18(30-20(15)19(17)26)14-5-3-2-4-6-14/h2-10,13,16,33H,11-12H2,1H3,(H2,27,28,29)/i1D3. The minimum Gasteiger partial charge on any atom is -0.390 e. The molecule has 0 saturated heterocycles. The number of aliphatic hydroxyl groups is 1. The molecule has 0 atom stereocenters. The van der Waals surface area contributed by atoms with E-state index >= 15 is 4.39 Å². The molecule has 3 aromatic heterocycles. The molecule has 0 aliphatic heterocycles. The molecule has 3 N–H and O–H groups in total. The van der Waals surface area contributed by atoms with Crippen molar-refractivity contribution in [2.24, 2.45) is 0 Å². The fourth-order valence-corrected chi connectivity index (χ4v) is 4.47. The van der Waals surface area contributed by atoms with E-state index in [0.717, 1.165) is 5.56 Å². The van der Waals surface area contributed by atoms with Crippen molar-refractivity contribution in [1.82, 2.24) is 24.6 Å². The monoisotopic (exact) mass is 443 g/mol. The van der Waals surface area contributed by atoms with Gasteiger partial charge in [0.05, 0.1) is 11.3 Å². The maximum atomic E-state index is 16.0. The second-order valence-corrected chi connectivity index (χ2v) is 8.42. The SMILES string of the molecule is [2H]C([2H])([2H])C1(O)CC(c2nc(-c3ccc4ccc(-c5ccccc5)nc4c3F)c3c(N)ncnn23)C1. The molecule has 1 aliphatic carbocycles. The number of anilines is 1. The van der Waals surface area contributed by atoms with Gasteiger partial charge in [-0.05, 0) is 31.8 Å². The number of halogens is 1. The molecular weight excluding hydrogens is 419 g/mol. The van der Waals surface area contributed by atoms with Gasteiger partial charge in [0.15, 0.2) is 11.6 Å². The Morgan fingerprint density at radius 3 is 2.70 bits per heavy atom. The van der Waals surface area contributed by atoms with Crippen LogP contribution in [0, 0.1) is 5.82 Å². The summed E-state index contributed by atoms with van der Waals surface area (Å²) in [6.45, 7) is -2.51. The molecule has 0 unspecified atom stereocenters. The van der Waals surface area contributed by atoms with Crippen LogP contribution >= 0.6 is 0 Å². The molecule has 7 nitrogen and oxygen atoms in total. The zero-order valence-corrected chi connectivity index (χ0v) is 17.4. The summed E-state index contributed by atoms with van der Waals surface area (Å²) in [5.41, 5.74) is 6.78. The molecule has 0 bridgehead atoms.